The van der Waals surface area contributed by atoms with Crippen molar-refractivity contribution in [1.82, 2.24) is 20.2 Å². The van der Waals surface area contributed by atoms with E-state index in [1.165, 1.54) is 12.8 Å². The highest BCUT2D eigenvalue weighted by atomic mass is 16.2. The molecule has 6 nitrogen and oxygen atoms in total. The van der Waals surface area contributed by atoms with E-state index in [-0.39, 0.29) is 17.4 Å². The first kappa shape index (κ1) is 14.9. The smallest absolute Gasteiger partial charge is 0.229 e. The fourth-order valence-electron chi connectivity index (χ4n) is 4.42. The lowest BCUT2D eigenvalue weighted by atomic mass is 9.74. The minimum absolute atomic E-state index is 0.178. The quantitative estimate of drug-likeness (QED) is 0.895. The monoisotopic (exact) mass is 315 g/mol. The van der Waals surface area contributed by atoms with Crippen LogP contribution in [0.4, 0.5) is 5.95 Å². The van der Waals surface area contributed by atoms with Crippen molar-refractivity contribution in [3.8, 4) is 0 Å². The van der Waals surface area contributed by atoms with Crippen LogP contribution in [0.3, 0.4) is 0 Å². The summed E-state index contributed by atoms with van der Waals surface area (Å²) in [5.41, 5.74) is -0.318. The number of piperidine rings is 1. The molecular weight excluding hydrogens is 290 g/mol. The van der Waals surface area contributed by atoms with Gasteiger partial charge in [0.1, 0.15) is 0 Å². The highest BCUT2D eigenvalue weighted by Crippen LogP contribution is 2.44. The molecule has 3 fully saturated rings. The predicted octanol–water partition coefficient (Wildman–Crippen LogP) is 0.903. The maximum absolute atomic E-state index is 12.8. The van der Waals surface area contributed by atoms with Gasteiger partial charge in [-0.2, -0.15) is 0 Å². The summed E-state index contributed by atoms with van der Waals surface area (Å²) in [6, 6.07) is 2.02. The van der Waals surface area contributed by atoms with Gasteiger partial charge in [-0.25, -0.2) is 9.97 Å². The number of aromatic nitrogens is 2. The second-order valence-electron chi connectivity index (χ2n) is 7.23. The Hall–Kier alpha value is -1.69. The van der Waals surface area contributed by atoms with Gasteiger partial charge in [-0.05, 0) is 37.7 Å². The number of carbonyl (C=O) groups is 1. The van der Waals surface area contributed by atoms with Crippen molar-refractivity contribution < 1.29 is 4.79 Å². The van der Waals surface area contributed by atoms with Gasteiger partial charge in [0.2, 0.25) is 11.9 Å². The molecule has 2 aliphatic heterocycles. The molecule has 2 saturated heterocycles. The first-order chi connectivity index (χ1) is 11.2. The van der Waals surface area contributed by atoms with Crippen LogP contribution in [0.5, 0.6) is 0 Å². The van der Waals surface area contributed by atoms with Gasteiger partial charge in [0.15, 0.2) is 0 Å². The molecule has 1 amide bonds. The lowest BCUT2D eigenvalue weighted by molar-refractivity contribution is -0.131. The number of nitrogens with zero attached hydrogens (tertiary/aromatic N) is 4. The standard InChI is InChI=1S/C17H25N5O/c1-18-15(23)17-6-2-9-22(16-19-7-3-8-20-16)14(17)11-21(12-17)10-13-4-5-13/h3,7-8,13-14H,2,4-6,9-12H2,1H3,(H,18,23)/t14-,17-/m0/s1. The van der Waals surface area contributed by atoms with E-state index in [2.05, 4.69) is 25.1 Å². The van der Waals surface area contributed by atoms with E-state index < -0.39 is 0 Å². The zero-order chi connectivity index (χ0) is 15.9. The van der Waals surface area contributed by atoms with Crippen LogP contribution in [0, 0.1) is 11.3 Å². The summed E-state index contributed by atoms with van der Waals surface area (Å²) in [5.74, 6) is 1.79. The van der Waals surface area contributed by atoms with Crippen LogP contribution in [-0.2, 0) is 4.79 Å². The van der Waals surface area contributed by atoms with Crippen LogP contribution in [0.1, 0.15) is 25.7 Å². The molecule has 1 N–H and O–H groups in total. The van der Waals surface area contributed by atoms with E-state index in [9.17, 15) is 4.79 Å². The summed E-state index contributed by atoms with van der Waals surface area (Å²) in [5, 5.41) is 2.93. The van der Waals surface area contributed by atoms with E-state index in [4.69, 9.17) is 0 Å². The fraction of sp³-hybridized carbons (Fsp3) is 0.706. The Morgan fingerprint density at radius 1 is 1.39 bits per heavy atom. The second kappa shape index (κ2) is 5.74. The largest absolute Gasteiger partial charge is 0.359 e. The zero-order valence-corrected chi connectivity index (χ0v) is 13.7. The Kier molecular flexibility index (Phi) is 3.71. The van der Waals surface area contributed by atoms with Gasteiger partial charge in [-0.3, -0.25) is 9.69 Å². The van der Waals surface area contributed by atoms with Crippen molar-refractivity contribution >= 4 is 11.9 Å². The molecule has 1 aliphatic carbocycles. The number of carbonyl (C=O) groups excluding carboxylic acids is 1. The third-order valence-electron chi connectivity index (χ3n) is 5.67. The van der Waals surface area contributed by atoms with Gasteiger partial charge in [0.25, 0.3) is 0 Å². The van der Waals surface area contributed by atoms with Crippen molar-refractivity contribution in [3.63, 3.8) is 0 Å². The summed E-state index contributed by atoms with van der Waals surface area (Å²) in [6.07, 6.45) is 8.24. The number of hydrogen-bond donors (Lipinski definition) is 1. The van der Waals surface area contributed by atoms with Crippen molar-refractivity contribution in [1.29, 1.82) is 0 Å². The van der Waals surface area contributed by atoms with Gasteiger partial charge in [-0.1, -0.05) is 0 Å². The second-order valence-corrected chi connectivity index (χ2v) is 7.23. The van der Waals surface area contributed by atoms with Crippen LogP contribution >= 0.6 is 0 Å². The topological polar surface area (TPSA) is 61.4 Å². The third kappa shape index (κ3) is 2.59. The molecule has 0 bridgehead atoms. The van der Waals surface area contributed by atoms with Gasteiger partial charge < -0.3 is 10.2 Å². The number of nitrogens with one attached hydrogen (secondary N) is 1. The molecule has 0 radical (unpaired) electrons. The molecule has 2 atom stereocenters. The van der Waals surface area contributed by atoms with Crippen molar-refractivity contribution in [2.24, 2.45) is 11.3 Å². The Morgan fingerprint density at radius 2 is 2.17 bits per heavy atom. The first-order valence-electron chi connectivity index (χ1n) is 8.71. The fourth-order valence-corrected chi connectivity index (χ4v) is 4.42. The van der Waals surface area contributed by atoms with E-state index in [1.54, 1.807) is 19.4 Å². The van der Waals surface area contributed by atoms with Gasteiger partial charge in [0.05, 0.1) is 11.5 Å². The van der Waals surface area contributed by atoms with Gasteiger partial charge >= 0.3 is 0 Å². The molecular formula is C17H25N5O. The molecule has 1 aromatic rings. The number of hydrogen-bond acceptors (Lipinski definition) is 5. The molecule has 4 rings (SSSR count). The van der Waals surface area contributed by atoms with Crippen molar-refractivity contribution in [2.75, 3.05) is 38.1 Å². The molecule has 23 heavy (non-hydrogen) atoms. The Morgan fingerprint density at radius 3 is 2.87 bits per heavy atom. The van der Waals surface area contributed by atoms with E-state index in [0.717, 1.165) is 50.9 Å². The SMILES string of the molecule is CNC(=O)[C@]12CCCN(c3ncccn3)[C@H]1CN(CC1CC1)C2. The number of anilines is 1. The number of likely N-dealkylation sites (tertiary alicyclic amines) is 1. The maximum atomic E-state index is 12.8. The molecule has 0 spiro atoms. The van der Waals surface area contributed by atoms with Crippen LogP contribution in [0.25, 0.3) is 0 Å². The molecule has 1 saturated carbocycles. The van der Waals surface area contributed by atoms with Crippen molar-refractivity contribution in [3.05, 3.63) is 18.5 Å². The molecule has 3 aliphatic rings. The molecule has 3 heterocycles. The highest BCUT2D eigenvalue weighted by molar-refractivity contribution is 5.85. The lowest BCUT2D eigenvalue weighted by Gasteiger charge is -2.44. The summed E-state index contributed by atoms with van der Waals surface area (Å²) in [7, 11) is 1.76. The maximum Gasteiger partial charge on any atom is 0.229 e. The first-order valence-corrected chi connectivity index (χ1v) is 8.71. The molecule has 6 heteroatoms. The minimum Gasteiger partial charge on any atom is -0.359 e. The van der Waals surface area contributed by atoms with Crippen molar-refractivity contribution in [2.45, 2.75) is 31.7 Å². The Labute approximate surface area is 137 Å². The molecule has 0 aromatic carbocycles. The minimum atomic E-state index is -0.318. The number of rotatable bonds is 4. The summed E-state index contributed by atoms with van der Waals surface area (Å²) >= 11 is 0. The van der Waals surface area contributed by atoms with Gasteiger partial charge in [0, 0.05) is 45.6 Å². The Balaban J connectivity index is 1.64. The number of fused-ring (bicyclic) bond motifs is 1. The zero-order valence-electron chi connectivity index (χ0n) is 13.7. The number of amides is 1. The average Bonchev–Trinajstić information content (AvgIpc) is 3.31. The molecule has 1 aromatic heterocycles. The summed E-state index contributed by atoms with van der Waals surface area (Å²) in [6.45, 7) is 3.89. The van der Waals surface area contributed by atoms with E-state index in [0.29, 0.717) is 0 Å². The Bertz CT molecular complexity index is 576. The van der Waals surface area contributed by atoms with Crippen LogP contribution < -0.4 is 10.2 Å². The van der Waals surface area contributed by atoms with Gasteiger partial charge in [-0.15, -0.1) is 0 Å². The van der Waals surface area contributed by atoms with Crippen LogP contribution in [-0.4, -0.2) is 60.0 Å². The molecule has 0 unspecified atom stereocenters. The normalized spacial score (nSPS) is 31.0. The lowest BCUT2D eigenvalue weighted by Crippen LogP contribution is -2.58. The highest BCUT2D eigenvalue weighted by Gasteiger charge is 2.56. The molecule has 124 valence electrons. The summed E-state index contributed by atoms with van der Waals surface area (Å²) < 4.78 is 0. The summed E-state index contributed by atoms with van der Waals surface area (Å²) in [4.78, 5) is 26.4. The third-order valence-corrected chi connectivity index (χ3v) is 5.67. The predicted molar refractivity (Wildman–Crippen MR) is 88.1 cm³/mol. The van der Waals surface area contributed by atoms with Crippen LogP contribution in [0.2, 0.25) is 0 Å². The van der Waals surface area contributed by atoms with Crippen LogP contribution in [0.15, 0.2) is 18.5 Å². The van der Waals surface area contributed by atoms with E-state index >= 15 is 0 Å². The average molecular weight is 315 g/mol. The van der Waals surface area contributed by atoms with E-state index in [1.807, 2.05) is 6.07 Å².